The minimum atomic E-state index is -1.17. The average molecular weight is 842 g/mol. The molecule has 0 rings (SSSR count). The van der Waals surface area contributed by atoms with E-state index in [2.05, 4.69) is 67.8 Å². The number of amides is 1. The van der Waals surface area contributed by atoms with Crippen molar-refractivity contribution in [1.29, 1.82) is 0 Å². The van der Waals surface area contributed by atoms with Crippen molar-refractivity contribution in [2.75, 3.05) is 6.61 Å². The van der Waals surface area contributed by atoms with Crippen LogP contribution in [-0.4, -0.2) is 46.1 Å². The van der Waals surface area contributed by atoms with E-state index in [1.165, 1.54) is 186 Å². The Morgan fingerprint density at radius 1 is 0.417 bits per heavy atom. The van der Waals surface area contributed by atoms with Crippen LogP contribution in [0.1, 0.15) is 271 Å². The SMILES string of the molecule is CCCC/C=C/CC/C=C/CCCC(O)C(O)C(CO)NC(=O)CCCCCCCCCCCCCCCCCCC/C=C\C/C=C\CCCCCCCCCCCCC. The van der Waals surface area contributed by atoms with Crippen LogP contribution < -0.4 is 5.32 Å². The third-order valence-electron chi connectivity index (χ3n) is 12.1. The normalized spacial score (nSPS) is 13.8. The lowest BCUT2D eigenvalue weighted by Gasteiger charge is -2.26. The Hall–Kier alpha value is -1.69. The molecule has 3 unspecified atom stereocenters. The maximum absolute atomic E-state index is 12.4. The summed E-state index contributed by atoms with van der Waals surface area (Å²) in [6.07, 6.45) is 65.6. The minimum Gasteiger partial charge on any atom is -0.394 e. The smallest absolute Gasteiger partial charge is 0.220 e. The van der Waals surface area contributed by atoms with Gasteiger partial charge in [0.2, 0.25) is 5.91 Å². The van der Waals surface area contributed by atoms with E-state index in [9.17, 15) is 20.1 Å². The maximum Gasteiger partial charge on any atom is 0.220 e. The average Bonchev–Trinajstić information content (AvgIpc) is 3.25. The summed E-state index contributed by atoms with van der Waals surface area (Å²) in [5.74, 6) is -0.158. The highest BCUT2D eigenvalue weighted by molar-refractivity contribution is 5.76. The van der Waals surface area contributed by atoms with Gasteiger partial charge >= 0.3 is 0 Å². The monoisotopic (exact) mass is 842 g/mol. The lowest BCUT2D eigenvalue weighted by molar-refractivity contribution is -0.124. The molecule has 5 heteroatoms. The second-order valence-corrected chi connectivity index (χ2v) is 18.1. The first kappa shape index (κ1) is 58.3. The molecule has 3 atom stereocenters. The van der Waals surface area contributed by atoms with E-state index in [0.29, 0.717) is 12.8 Å². The summed E-state index contributed by atoms with van der Waals surface area (Å²) in [5, 5.41) is 33.5. The van der Waals surface area contributed by atoms with Crippen molar-refractivity contribution in [1.82, 2.24) is 5.32 Å². The molecule has 0 saturated heterocycles. The lowest BCUT2D eigenvalue weighted by Crippen LogP contribution is -2.50. The third-order valence-corrected chi connectivity index (χ3v) is 12.1. The highest BCUT2D eigenvalue weighted by atomic mass is 16.3. The van der Waals surface area contributed by atoms with Crippen LogP contribution in [0.4, 0.5) is 0 Å². The summed E-state index contributed by atoms with van der Waals surface area (Å²) in [6, 6.07) is -0.831. The molecule has 0 bridgehead atoms. The first-order valence-corrected chi connectivity index (χ1v) is 26.4. The predicted molar refractivity (Wildman–Crippen MR) is 264 cm³/mol. The van der Waals surface area contributed by atoms with Crippen LogP contribution in [0.15, 0.2) is 48.6 Å². The van der Waals surface area contributed by atoms with Crippen molar-refractivity contribution in [2.24, 2.45) is 0 Å². The first-order valence-electron chi connectivity index (χ1n) is 26.4. The molecule has 0 aliphatic rings. The second kappa shape index (κ2) is 50.0. The summed E-state index contributed by atoms with van der Waals surface area (Å²) >= 11 is 0. The van der Waals surface area contributed by atoms with Gasteiger partial charge in [0.15, 0.2) is 0 Å². The van der Waals surface area contributed by atoms with E-state index >= 15 is 0 Å². The van der Waals surface area contributed by atoms with E-state index < -0.39 is 18.2 Å². The van der Waals surface area contributed by atoms with E-state index in [1.807, 2.05) is 0 Å². The topological polar surface area (TPSA) is 89.8 Å². The van der Waals surface area contributed by atoms with Crippen molar-refractivity contribution < 1.29 is 20.1 Å². The Morgan fingerprint density at radius 3 is 1.17 bits per heavy atom. The molecule has 0 heterocycles. The summed E-state index contributed by atoms with van der Waals surface area (Å²) in [5.41, 5.74) is 0. The number of carbonyl (C=O) groups is 1. The van der Waals surface area contributed by atoms with E-state index in [0.717, 1.165) is 57.8 Å². The fraction of sp³-hybridized carbons (Fsp3) is 0.836. The van der Waals surface area contributed by atoms with Gasteiger partial charge in [0.1, 0.15) is 6.10 Å². The van der Waals surface area contributed by atoms with Gasteiger partial charge in [-0.1, -0.05) is 236 Å². The van der Waals surface area contributed by atoms with Crippen LogP contribution >= 0.6 is 0 Å². The number of nitrogens with one attached hydrogen (secondary N) is 1. The first-order chi connectivity index (χ1) is 29.6. The van der Waals surface area contributed by atoms with Crippen molar-refractivity contribution >= 4 is 5.91 Å². The van der Waals surface area contributed by atoms with Gasteiger partial charge in [0.05, 0.1) is 18.8 Å². The van der Waals surface area contributed by atoms with Gasteiger partial charge < -0.3 is 20.6 Å². The lowest BCUT2D eigenvalue weighted by atomic mass is 10.0. The van der Waals surface area contributed by atoms with Gasteiger partial charge in [-0.25, -0.2) is 0 Å². The molecule has 4 N–H and O–H groups in total. The zero-order valence-electron chi connectivity index (χ0n) is 40.1. The minimum absolute atomic E-state index is 0.158. The number of allylic oxidation sites excluding steroid dienone is 8. The molecular formula is C55H103NO4. The highest BCUT2D eigenvalue weighted by Gasteiger charge is 2.26. The quantitative estimate of drug-likeness (QED) is 0.0363. The van der Waals surface area contributed by atoms with Crippen LogP contribution in [-0.2, 0) is 4.79 Å². The third kappa shape index (κ3) is 44.4. The molecule has 352 valence electrons. The number of unbranched alkanes of at least 4 members (excludes halogenated alkanes) is 32. The molecule has 0 aromatic carbocycles. The summed E-state index contributed by atoms with van der Waals surface area (Å²) in [6.45, 7) is 4.12. The van der Waals surface area contributed by atoms with Gasteiger partial charge in [-0.2, -0.15) is 0 Å². The predicted octanol–water partition coefficient (Wildman–Crippen LogP) is 16.1. The van der Waals surface area contributed by atoms with Crippen molar-refractivity contribution in [3.63, 3.8) is 0 Å². The largest absolute Gasteiger partial charge is 0.394 e. The number of hydrogen-bond donors (Lipinski definition) is 4. The van der Waals surface area contributed by atoms with Gasteiger partial charge in [-0.05, 0) is 77.0 Å². The molecule has 0 radical (unpaired) electrons. The van der Waals surface area contributed by atoms with Crippen molar-refractivity contribution in [3.8, 4) is 0 Å². The molecule has 60 heavy (non-hydrogen) atoms. The van der Waals surface area contributed by atoms with Crippen LogP contribution in [0.25, 0.3) is 0 Å². The summed E-state index contributed by atoms with van der Waals surface area (Å²) in [4.78, 5) is 12.4. The molecule has 0 aromatic rings. The standard InChI is InChI=1S/C55H103NO4/c1-3-5-7-9-11-13-15-16-17-18-19-20-21-22-23-24-25-26-27-28-29-30-31-32-33-34-35-36-37-38-40-42-44-46-48-50-54(59)56-52(51-57)55(60)53(58)49-47-45-43-41-39-14-12-10-8-6-4-2/h10,12,21-22,24-25,41,43,52-53,55,57-58,60H,3-9,11,13-20,23,26-40,42,44-51H2,1-2H3,(H,56,59)/b12-10+,22-21-,25-24-,43-41+. The number of hydrogen-bond acceptors (Lipinski definition) is 4. The molecule has 0 fully saturated rings. The fourth-order valence-electron chi connectivity index (χ4n) is 8.02. The summed E-state index contributed by atoms with van der Waals surface area (Å²) in [7, 11) is 0. The Balaban J connectivity index is 3.49. The van der Waals surface area contributed by atoms with Crippen LogP contribution in [0.5, 0.6) is 0 Å². The molecule has 1 amide bonds. The Bertz CT molecular complexity index is 974. The van der Waals surface area contributed by atoms with Crippen LogP contribution in [0, 0.1) is 0 Å². The molecule has 0 aliphatic heterocycles. The van der Waals surface area contributed by atoms with E-state index in [4.69, 9.17) is 0 Å². The van der Waals surface area contributed by atoms with Crippen molar-refractivity contribution in [3.05, 3.63) is 48.6 Å². The van der Waals surface area contributed by atoms with Gasteiger partial charge in [0, 0.05) is 6.42 Å². The van der Waals surface area contributed by atoms with Crippen LogP contribution in [0.2, 0.25) is 0 Å². The van der Waals surface area contributed by atoms with Crippen molar-refractivity contribution in [2.45, 2.75) is 289 Å². The molecule has 0 saturated carbocycles. The highest BCUT2D eigenvalue weighted by Crippen LogP contribution is 2.16. The molecule has 0 aliphatic carbocycles. The Labute approximate surface area is 374 Å². The number of aliphatic hydroxyl groups is 3. The maximum atomic E-state index is 12.4. The molecule has 0 aromatic heterocycles. The second-order valence-electron chi connectivity index (χ2n) is 18.1. The summed E-state index contributed by atoms with van der Waals surface area (Å²) < 4.78 is 0. The Kier molecular flexibility index (Phi) is 48.6. The fourth-order valence-corrected chi connectivity index (χ4v) is 8.02. The van der Waals surface area contributed by atoms with Gasteiger partial charge in [-0.3, -0.25) is 4.79 Å². The number of rotatable bonds is 48. The van der Waals surface area contributed by atoms with E-state index in [1.54, 1.807) is 0 Å². The number of aliphatic hydroxyl groups excluding tert-OH is 3. The van der Waals surface area contributed by atoms with Gasteiger partial charge in [-0.15, -0.1) is 0 Å². The Morgan fingerprint density at radius 2 is 0.750 bits per heavy atom. The molecule has 0 spiro atoms. The number of carbonyl (C=O) groups excluding carboxylic acids is 1. The zero-order chi connectivity index (χ0) is 43.7. The van der Waals surface area contributed by atoms with E-state index in [-0.39, 0.29) is 12.5 Å². The molecular weight excluding hydrogens is 739 g/mol. The zero-order valence-corrected chi connectivity index (χ0v) is 40.1. The molecule has 5 nitrogen and oxygen atoms in total. The van der Waals surface area contributed by atoms with Gasteiger partial charge in [0.25, 0.3) is 0 Å². The van der Waals surface area contributed by atoms with Crippen LogP contribution in [0.3, 0.4) is 0 Å².